The zero-order valence-electron chi connectivity index (χ0n) is 15.6. The lowest BCUT2D eigenvalue weighted by Gasteiger charge is -2.23. The summed E-state index contributed by atoms with van der Waals surface area (Å²) in [6.07, 6.45) is 3.85. The number of anilines is 1. The molecule has 1 unspecified atom stereocenters. The van der Waals surface area contributed by atoms with E-state index in [4.69, 9.17) is 4.74 Å². The van der Waals surface area contributed by atoms with E-state index in [1.165, 1.54) is 11.3 Å². The molecule has 0 radical (unpaired) electrons. The minimum Gasteiger partial charge on any atom is -0.497 e. The van der Waals surface area contributed by atoms with Crippen LogP contribution in [0.5, 0.6) is 5.75 Å². The number of unbranched alkanes of at least 4 members (excludes halogenated alkanes) is 1. The molecule has 0 spiro atoms. The molecule has 3 rings (SSSR count). The van der Waals surface area contributed by atoms with Crippen molar-refractivity contribution < 1.29 is 14.3 Å². The summed E-state index contributed by atoms with van der Waals surface area (Å²) >= 11 is 1.30. The van der Waals surface area contributed by atoms with Crippen LogP contribution in [0.25, 0.3) is 10.6 Å². The number of nitrogens with one attached hydrogen (secondary N) is 1. The molecular weight excluding hydrogens is 364 g/mol. The Bertz CT molecular complexity index is 808. The highest BCUT2D eigenvalue weighted by Crippen LogP contribution is 2.29. The molecule has 0 aliphatic carbocycles. The fraction of sp³-hybridized carbons (Fsp3) is 0.474. The van der Waals surface area contributed by atoms with E-state index in [0.29, 0.717) is 29.5 Å². The molecule has 2 amide bonds. The number of methoxy groups -OCH3 is 1. The Morgan fingerprint density at radius 2 is 2.22 bits per heavy atom. The molecule has 2 aromatic rings. The molecule has 2 heterocycles. The monoisotopic (exact) mass is 388 g/mol. The number of nitrogens with zero attached hydrogens (tertiary/aromatic N) is 3. The molecule has 1 atom stereocenters. The first-order valence-corrected chi connectivity index (χ1v) is 10.0. The van der Waals surface area contributed by atoms with Gasteiger partial charge in [-0.25, -0.2) is 0 Å². The third kappa shape index (κ3) is 4.63. The van der Waals surface area contributed by atoms with E-state index in [1.54, 1.807) is 12.0 Å². The van der Waals surface area contributed by atoms with Gasteiger partial charge in [0.15, 0.2) is 0 Å². The highest BCUT2D eigenvalue weighted by Gasteiger charge is 2.34. The molecule has 0 saturated carbocycles. The summed E-state index contributed by atoms with van der Waals surface area (Å²) < 4.78 is 5.23. The summed E-state index contributed by atoms with van der Waals surface area (Å²) in [6, 6.07) is 7.11. The molecule has 1 aliphatic heterocycles. The van der Waals surface area contributed by atoms with Gasteiger partial charge in [-0.3, -0.25) is 14.9 Å². The summed E-state index contributed by atoms with van der Waals surface area (Å²) in [5, 5.41) is 12.2. The number of carbonyl (C=O) groups is 2. The van der Waals surface area contributed by atoms with E-state index in [1.807, 2.05) is 24.3 Å². The molecule has 1 fully saturated rings. The average molecular weight is 388 g/mol. The molecule has 1 saturated heterocycles. The Hall–Kier alpha value is -2.48. The Labute approximate surface area is 162 Å². The lowest BCUT2D eigenvalue weighted by Crippen LogP contribution is -2.43. The Morgan fingerprint density at radius 1 is 1.37 bits per heavy atom. The molecular formula is C19H24N4O3S. The van der Waals surface area contributed by atoms with Gasteiger partial charge in [0.1, 0.15) is 16.8 Å². The molecule has 7 nitrogen and oxygen atoms in total. The maximum absolute atomic E-state index is 12.7. The first kappa shape index (κ1) is 19.3. The van der Waals surface area contributed by atoms with Crippen molar-refractivity contribution in [3.05, 3.63) is 24.3 Å². The van der Waals surface area contributed by atoms with Crippen LogP contribution in [0.4, 0.5) is 5.13 Å². The summed E-state index contributed by atoms with van der Waals surface area (Å²) in [7, 11) is 1.61. The molecule has 1 aromatic carbocycles. The van der Waals surface area contributed by atoms with Crippen LogP contribution in [-0.2, 0) is 9.59 Å². The van der Waals surface area contributed by atoms with Crippen LogP contribution in [0.2, 0.25) is 0 Å². The molecule has 144 valence electrons. The first-order valence-electron chi connectivity index (χ1n) is 9.20. The van der Waals surface area contributed by atoms with E-state index in [9.17, 15) is 9.59 Å². The van der Waals surface area contributed by atoms with Crippen LogP contribution in [0.15, 0.2) is 24.3 Å². The van der Waals surface area contributed by atoms with Crippen LogP contribution in [0.3, 0.4) is 0 Å². The lowest BCUT2D eigenvalue weighted by atomic mass is 10.2. The number of likely N-dealkylation sites (tertiary alicyclic amines) is 1. The second-order valence-electron chi connectivity index (χ2n) is 6.48. The number of aromatic nitrogens is 2. The number of hydrogen-bond donors (Lipinski definition) is 1. The van der Waals surface area contributed by atoms with Crippen molar-refractivity contribution in [2.75, 3.05) is 19.0 Å². The van der Waals surface area contributed by atoms with Gasteiger partial charge in [-0.05, 0) is 31.4 Å². The van der Waals surface area contributed by atoms with Crippen molar-refractivity contribution in [3.8, 4) is 16.3 Å². The number of hydrogen-bond acceptors (Lipinski definition) is 6. The second-order valence-corrected chi connectivity index (χ2v) is 7.46. The molecule has 1 aliphatic rings. The fourth-order valence-corrected chi connectivity index (χ4v) is 3.89. The number of carbonyl (C=O) groups excluding carboxylic acids is 2. The van der Waals surface area contributed by atoms with Gasteiger partial charge in [-0.1, -0.05) is 36.8 Å². The largest absolute Gasteiger partial charge is 0.497 e. The molecule has 1 aromatic heterocycles. The standard InChI is InChI=1S/C19H24N4O3S/c1-3-4-10-16(24)23-11-6-9-15(23)17(25)20-19-22-21-18(27-19)13-7-5-8-14(12-13)26-2/h5,7-8,12,15H,3-4,6,9-11H2,1-2H3,(H,20,22,25). The number of rotatable bonds is 7. The van der Waals surface area contributed by atoms with Gasteiger partial charge in [-0.2, -0.15) is 0 Å². The van der Waals surface area contributed by atoms with E-state index < -0.39 is 6.04 Å². The third-order valence-corrected chi connectivity index (χ3v) is 5.48. The smallest absolute Gasteiger partial charge is 0.249 e. The highest BCUT2D eigenvalue weighted by atomic mass is 32.1. The zero-order valence-corrected chi connectivity index (χ0v) is 16.4. The normalized spacial score (nSPS) is 16.4. The van der Waals surface area contributed by atoms with Crippen LogP contribution >= 0.6 is 11.3 Å². The van der Waals surface area contributed by atoms with Crippen molar-refractivity contribution >= 4 is 28.3 Å². The number of benzene rings is 1. The van der Waals surface area contributed by atoms with E-state index in [0.717, 1.165) is 30.6 Å². The van der Waals surface area contributed by atoms with Gasteiger partial charge in [0.25, 0.3) is 0 Å². The van der Waals surface area contributed by atoms with Gasteiger partial charge in [0.05, 0.1) is 7.11 Å². The number of amides is 2. The SMILES string of the molecule is CCCCC(=O)N1CCCC1C(=O)Nc1nnc(-c2cccc(OC)c2)s1. The highest BCUT2D eigenvalue weighted by molar-refractivity contribution is 7.18. The Morgan fingerprint density at radius 3 is 3.00 bits per heavy atom. The van der Waals surface area contributed by atoms with Crippen LogP contribution in [-0.4, -0.2) is 46.6 Å². The third-order valence-electron chi connectivity index (χ3n) is 4.59. The predicted molar refractivity (Wildman–Crippen MR) is 105 cm³/mol. The molecule has 8 heteroatoms. The minimum absolute atomic E-state index is 0.0591. The summed E-state index contributed by atoms with van der Waals surface area (Å²) in [5.74, 6) is 0.606. The quantitative estimate of drug-likeness (QED) is 0.786. The van der Waals surface area contributed by atoms with Gasteiger partial charge in [0.2, 0.25) is 16.9 Å². The molecule has 0 bridgehead atoms. The molecule has 27 heavy (non-hydrogen) atoms. The minimum atomic E-state index is -0.418. The topological polar surface area (TPSA) is 84.4 Å². The summed E-state index contributed by atoms with van der Waals surface area (Å²) in [4.78, 5) is 26.7. The molecule has 1 N–H and O–H groups in total. The maximum atomic E-state index is 12.7. The number of ether oxygens (including phenoxy) is 1. The zero-order chi connectivity index (χ0) is 19.2. The van der Waals surface area contributed by atoms with Gasteiger partial charge in [0, 0.05) is 18.5 Å². The maximum Gasteiger partial charge on any atom is 0.249 e. The van der Waals surface area contributed by atoms with Gasteiger partial charge < -0.3 is 9.64 Å². The van der Waals surface area contributed by atoms with Crippen molar-refractivity contribution in [1.82, 2.24) is 15.1 Å². The van der Waals surface area contributed by atoms with E-state index in [-0.39, 0.29) is 11.8 Å². The van der Waals surface area contributed by atoms with Crippen LogP contribution in [0, 0.1) is 0 Å². The van der Waals surface area contributed by atoms with Crippen molar-refractivity contribution in [1.29, 1.82) is 0 Å². The summed E-state index contributed by atoms with van der Waals surface area (Å²) in [6.45, 7) is 2.70. The van der Waals surface area contributed by atoms with Gasteiger partial charge >= 0.3 is 0 Å². The lowest BCUT2D eigenvalue weighted by molar-refractivity contribution is -0.136. The van der Waals surface area contributed by atoms with Gasteiger partial charge in [-0.15, -0.1) is 10.2 Å². The summed E-state index contributed by atoms with van der Waals surface area (Å²) in [5.41, 5.74) is 0.879. The Kier molecular flexibility index (Phi) is 6.39. The second kappa shape index (κ2) is 8.94. The van der Waals surface area contributed by atoms with E-state index in [2.05, 4.69) is 22.4 Å². The average Bonchev–Trinajstić information content (AvgIpc) is 3.35. The van der Waals surface area contributed by atoms with Crippen LogP contribution < -0.4 is 10.1 Å². The predicted octanol–water partition coefficient (Wildman–Crippen LogP) is 3.33. The van der Waals surface area contributed by atoms with Crippen molar-refractivity contribution in [3.63, 3.8) is 0 Å². The van der Waals surface area contributed by atoms with Crippen molar-refractivity contribution in [2.24, 2.45) is 0 Å². The first-order chi connectivity index (χ1) is 13.1. The van der Waals surface area contributed by atoms with Crippen molar-refractivity contribution in [2.45, 2.75) is 45.1 Å². The van der Waals surface area contributed by atoms with E-state index >= 15 is 0 Å². The fourth-order valence-electron chi connectivity index (χ4n) is 3.14. The van der Waals surface area contributed by atoms with Crippen LogP contribution in [0.1, 0.15) is 39.0 Å². The Balaban J connectivity index is 1.66.